The van der Waals surface area contributed by atoms with Crippen molar-refractivity contribution in [3.63, 3.8) is 0 Å². The highest BCUT2D eigenvalue weighted by atomic mass is 16.5. The van der Waals surface area contributed by atoms with Gasteiger partial charge < -0.3 is 9.64 Å². The average Bonchev–Trinajstić information content (AvgIpc) is 2.48. The molecule has 5 heteroatoms. The van der Waals surface area contributed by atoms with Crippen LogP contribution >= 0.6 is 0 Å². The quantitative estimate of drug-likeness (QED) is 0.839. The van der Waals surface area contributed by atoms with Crippen LogP contribution in [0.4, 0.5) is 10.5 Å². The van der Waals surface area contributed by atoms with Gasteiger partial charge >= 0.3 is 6.09 Å². The van der Waals surface area contributed by atoms with Gasteiger partial charge in [0.25, 0.3) is 0 Å². The van der Waals surface area contributed by atoms with Gasteiger partial charge in [-0.05, 0) is 31.4 Å². The van der Waals surface area contributed by atoms with Gasteiger partial charge in [0.15, 0.2) is 0 Å². The molecular weight excluding hydrogens is 280 g/mol. The summed E-state index contributed by atoms with van der Waals surface area (Å²) in [4.78, 5) is 27.6. The van der Waals surface area contributed by atoms with Crippen molar-refractivity contribution < 1.29 is 14.3 Å². The predicted molar refractivity (Wildman–Crippen MR) is 88.2 cm³/mol. The smallest absolute Gasteiger partial charge is 0.414 e. The third-order valence-electron chi connectivity index (χ3n) is 3.80. The van der Waals surface area contributed by atoms with Crippen LogP contribution in [-0.2, 0) is 9.53 Å². The maximum absolute atomic E-state index is 12.3. The molecule has 0 bridgehead atoms. The number of carbonyl (C=O) groups is 2. The normalized spacial score (nSPS) is 11.7. The van der Waals surface area contributed by atoms with Gasteiger partial charge in [0.05, 0.1) is 12.8 Å². The molecule has 22 heavy (non-hydrogen) atoms. The Bertz CT molecular complexity index is 520. The van der Waals surface area contributed by atoms with Gasteiger partial charge in [0, 0.05) is 26.6 Å². The molecule has 0 aliphatic heterocycles. The Morgan fingerprint density at radius 1 is 1.18 bits per heavy atom. The number of methoxy groups -OCH3 is 1. The predicted octanol–water partition coefficient (Wildman–Crippen LogP) is 3.13. The van der Waals surface area contributed by atoms with Crippen molar-refractivity contribution in [3.05, 3.63) is 29.3 Å². The molecule has 0 saturated heterocycles. The summed E-state index contributed by atoms with van der Waals surface area (Å²) < 4.78 is 4.96. The van der Waals surface area contributed by atoms with Gasteiger partial charge in [0.2, 0.25) is 5.91 Å². The standard InChI is InChI=1S/C17H26N2O3/c1-7-14(11-15(20)18(4)5)19(17(21)22-6)16-12(2)9-8-10-13(16)3/h8-10,14H,7,11H2,1-6H3. The molecule has 0 fully saturated rings. The van der Waals surface area contributed by atoms with E-state index in [4.69, 9.17) is 4.74 Å². The summed E-state index contributed by atoms with van der Waals surface area (Å²) in [5.74, 6) is -0.00742. The van der Waals surface area contributed by atoms with Crippen LogP contribution < -0.4 is 4.90 Å². The number of para-hydroxylation sites is 1. The lowest BCUT2D eigenvalue weighted by Gasteiger charge is -2.32. The molecule has 0 saturated carbocycles. The maximum atomic E-state index is 12.3. The lowest BCUT2D eigenvalue weighted by molar-refractivity contribution is -0.129. The number of hydrogen-bond donors (Lipinski definition) is 0. The molecule has 0 aliphatic carbocycles. The zero-order valence-corrected chi connectivity index (χ0v) is 14.3. The summed E-state index contributed by atoms with van der Waals surface area (Å²) in [6.07, 6.45) is 0.505. The molecule has 122 valence electrons. The molecule has 0 spiro atoms. The van der Waals surface area contributed by atoms with Crippen LogP contribution in [0.5, 0.6) is 0 Å². The van der Waals surface area contributed by atoms with Crippen molar-refractivity contribution in [3.8, 4) is 0 Å². The molecule has 0 heterocycles. The highest BCUT2D eigenvalue weighted by molar-refractivity contribution is 5.91. The summed E-state index contributed by atoms with van der Waals surface area (Å²) in [7, 11) is 4.80. The number of aryl methyl sites for hydroxylation is 2. The molecule has 2 amide bonds. The fourth-order valence-corrected chi connectivity index (χ4v) is 2.51. The second kappa shape index (κ2) is 7.82. The van der Waals surface area contributed by atoms with Crippen LogP contribution in [0.3, 0.4) is 0 Å². The van der Waals surface area contributed by atoms with Gasteiger partial charge in [-0.1, -0.05) is 25.1 Å². The number of rotatable bonds is 5. The third kappa shape index (κ3) is 4.00. The molecule has 0 radical (unpaired) electrons. The number of anilines is 1. The maximum Gasteiger partial charge on any atom is 0.414 e. The van der Waals surface area contributed by atoms with Crippen LogP contribution in [0, 0.1) is 13.8 Å². The zero-order chi connectivity index (χ0) is 16.9. The minimum atomic E-state index is -0.434. The summed E-state index contributed by atoms with van der Waals surface area (Å²) in [5.41, 5.74) is 2.80. The highest BCUT2D eigenvalue weighted by Gasteiger charge is 2.29. The Labute approximate surface area is 132 Å². The van der Waals surface area contributed by atoms with Crippen LogP contribution in [0.15, 0.2) is 18.2 Å². The first-order valence-electron chi connectivity index (χ1n) is 7.47. The fourth-order valence-electron chi connectivity index (χ4n) is 2.51. The molecule has 1 aromatic carbocycles. The minimum Gasteiger partial charge on any atom is -0.452 e. The largest absolute Gasteiger partial charge is 0.452 e. The molecular formula is C17H26N2O3. The van der Waals surface area contributed by atoms with Gasteiger partial charge in [-0.15, -0.1) is 0 Å². The first-order valence-corrected chi connectivity index (χ1v) is 7.47. The third-order valence-corrected chi connectivity index (χ3v) is 3.80. The van der Waals surface area contributed by atoms with Crippen molar-refractivity contribution in [2.24, 2.45) is 0 Å². The second-order valence-electron chi connectivity index (χ2n) is 5.63. The van der Waals surface area contributed by atoms with E-state index in [0.29, 0.717) is 6.42 Å². The van der Waals surface area contributed by atoms with Crippen molar-refractivity contribution in [2.75, 3.05) is 26.1 Å². The lowest BCUT2D eigenvalue weighted by Crippen LogP contribution is -2.43. The Morgan fingerprint density at radius 3 is 2.14 bits per heavy atom. The number of benzene rings is 1. The monoisotopic (exact) mass is 306 g/mol. The zero-order valence-electron chi connectivity index (χ0n) is 14.3. The van der Waals surface area contributed by atoms with Gasteiger partial charge in [0.1, 0.15) is 0 Å². The van der Waals surface area contributed by atoms with Gasteiger partial charge in [-0.3, -0.25) is 9.69 Å². The minimum absolute atomic E-state index is 0.00742. The van der Waals surface area contributed by atoms with E-state index < -0.39 is 6.09 Å². The molecule has 0 aromatic heterocycles. The number of ether oxygens (including phenoxy) is 1. The van der Waals surface area contributed by atoms with Crippen molar-refractivity contribution >= 4 is 17.7 Å². The molecule has 1 rings (SSSR count). The van der Waals surface area contributed by atoms with E-state index in [0.717, 1.165) is 16.8 Å². The first-order chi connectivity index (χ1) is 10.3. The molecule has 0 aliphatic rings. The summed E-state index contributed by atoms with van der Waals surface area (Å²) >= 11 is 0. The van der Waals surface area contributed by atoms with Crippen LogP contribution in [0.2, 0.25) is 0 Å². The van der Waals surface area contributed by atoms with E-state index in [1.165, 1.54) is 7.11 Å². The fraction of sp³-hybridized carbons (Fsp3) is 0.529. The summed E-state index contributed by atoms with van der Waals surface area (Å²) in [6, 6.07) is 5.63. The van der Waals surface area contributed by atoms with Crippen LogP contribution in [0.25, 0.3) is 0 Å². The topological polar surface area (TPSA) is 49.9 Å². The average molecular weight is 306 g/mol. The van der Waals surface area contributed by atoms with Crippen LogP contribution in [-0.4, -0.2) is 44.1 Å². The van der Waals surface area contributed by atoms with E-state index in [-0.39, 0.29) is 18.4 Å². The Kier molecular flexibility index (Phi) is 6.40. The summed E-state index contributed by atoms with van der Waals surface area (Å²) in [5, 5.41) is 0. The number of hydrogen-bond acceptors (Lipinski definition) is 3. The van der Waals surface area contributed by atoms with E-state index in [2.05, 4.69) is 0 Å². The Hall–Kier alpha value is -2.04. The molecule has 1 unspecified atom stereocenters. The molecule has 5 nitrogen and oxygen atoms in total. The molecule has 0 N–H and O–H groups in total. The van der Waals surface area contributed by atoms with E-state index in [1.807, 2.05) is 39.0 Å². The van der Waals surface area contributed by atoms with Crippen molar-refractivity contribution in [1.82, 2.24) is 4.90 Å². The van der Waals surface area contributed by atoms with E-state index in [9.17, 15) is 9.59 Å². The second-order valence-corrected chi connectivity index (χ2v) is 5.63. The van der Waals surface area contributed by atoms with Gasteiger partial charge in [-0.2, -0.15) is 0 Å². The van der Waals surface area contributed by atoms with Crippen LogP contribution in [0.1, 0.15) is 30.9 Å². The number of nitrogens with zero attached hydrogens (tertiary/aromatic N) is 2. The number of carbonyl (C=O) groups excluding carboxylic acids is 2. The van der Waals surface area contributed by atoms with E-state index >= 15 is 0 Å². The molecule has 1 aromatic rings. The lowest BCUT2D eigenvalue weighted by atomic mass is 10.0. The van der Waals surface area contributed by atoms with Crippen molar-refractivity contribution in [1.29, 1.82) is 0 Å². The van der Waals surface area contributed by atoms with Crippen molar-refractivity contribution in [2.45, 2.75) is 39.7 Å². The Morgan fingerprint density at radius 2 is 1.73 bits per heavy atom. The van der Waals surface area contributed by atoms with Gasteiger partial charge in [-0.25, -0.2) is 4.79 Å². The highest BCUT2D eigenvalue weighted by Crippen LogP contribution is 2.29. The van der Waals surface area contributed by atoms with E-state index in [1.54, 1.807) is 23.9 Å². The molecule has 1 atom stereocenters. The summed E-state index contributed by atoms with van der Waals surface area (Å²) in [6.45, 7) is 5.88. The Balaban J connectivity index is 3.27. The number of amides is 2. The SMILES string of the molecule is CCC(CC(=O)N(C)C)N(C(=O)OC)c1c(C)cccc1C. The first kappa shape index (κ1) is 18.0.